The van der Waals surface area contributed by atoms with Gasteiger partial charge in [0.25, 0.3) is 0 Å². The zero-order valence-corrected chi connectivity index (χ0v) is 58.6. The van der Waals surface area contributed by atoms with E-state index < -0.39 is 48.3 Å². The van der Waals surface area contributed by atoms with Crippen LogP contribution in [0.4, 0.5) is 0 Å². The molecule has 0 aliphatic carbocycles. The maximum Gasteiger partial charge on any atom is 0.336 e. The van der Waals surface area contributed by atoms with Gasteiger partial charge in [0.2, 0.25) is 0 Å². The number of carbonyl (C=O) groups excluding carboxylic acids is 4. The number of ether oxygens (including phenoxy) is 12. The smallest absolute Gasteiger partial charge is 0.336 e. The molecule has 0 saturated carbocycles. The molecule has 0 saturated heterocycles. The highest BCUT2D eigenvalue weighted by Crippen LogP contribution is 2.11. The van der Waals surface area contributed by atoms with Crippen LogP contribution in [-0.2, 0) is 76.0 Å². The number of nitrogens with zero attached hydrogens (tertiary/aromatic N) is 3. The van der Waals surface area contributed by atoms with Gasteiger partial charge in [-0.1, -0.05) is 130 Å². The van der Waals surface area contributed by atoms with Crippen molar-refractivity contribution in [2.75, 3.05) is 166 Å². The van der Waals surface area contributed by atoms with Crippen LogP contribution in [0.1, 0.15) is 233 Å². The molecule has 0 aliphatic heterocycles. The Morgan fingerprint density at radius 1 is 0.261 bits per heavy atom. The Kier molecular flexibility index (Phi) is 67.6. The third kappa shape index (κ3) is 60.9. The predicted molar refractivity (Wildman–Crippen MR) is 356 cm³/mol. The van der Waals surface area contributed by atoms with E-state index in [-0.39, 0.29) is 92.9 Å². The average molecular weight is 1330 g/mol. The topological polar surface area (TPSA) is 270 Å². The van der Waals surface area contributed by atoms with Gasteiger partial charge in [-0.25, -0.2) is 19.2 Å². The lowest BCUT2D eigenvalue weighted by Gasteiger charge is -2.30. The largest absolute Gasteiger partial charge is 0.464 e. The van der Waals surface area contributed by atoms with Crippen LogP contribution in [0.5, 0.6) is 0 Å². The third-order valence-electron chi connectivity index (χ3n) is 15.4. The maximum atomic E-state index is 13.1. The van der Waals surface area contributed by atoms with E-state index in [2.05, 4.69) is 27.7 Å². The number of hydrogen-bond acceptors (Lipinski definition) is 23. The molecule has 0 spiro atoms. The molecule has 0 bridgehead atoms. The van der Waals surface area contributed by atoms with Crippen LogP contribution >= 0.6 is 0 Å². The lowest BCUT2D eigenvalue weighted by molar-refractivity contribution is -0.158. The number of esters is 4. The van der Waals surface area contributed by atoms with Gasteiger partial charge in [0.05, 0.1) is 26.4 Å². The molecule has 546 valence electrons. The minimum absolute atomic E-state index is 0.115. The molecule has 0 heterocycles. The van der Waals surface area contributed by atoms with E-state index in [0.29, 0.717) is 91.6 Å². The Labute approximate surface area is 556 Å². The van der Waals surface area contributed by atoms with Gasteiger partial charge in [0.1, 0.15) is 27.2 Å². The van der Waals surface area contributed by atoms with Crippen LogP contribution in [0, 0.1) is 0 Å². The van der Waals surface area contributed by atoms with Gasteiger partial charge in [0, 0.05) is 105 Å². The highest BCUT2D eigenvalue weighted by Gasteiger charge is 2.28. The summed E-state index contributed by atoms with van der Waals surface area (Å²) in [5, 5.41) is 44.4. The number of aliphatic hydroxyl groups excluding tert-OH is 4. The Balaban J connectivity index is 5.56. The van der Waals surface area contributed by atoms with Gasteiger partial charge in [-0.2, -0.15) is 0 Å². The first-order valence-corrected chi connectivity index (χ1v) is 36.0. The Bertz CT molecular complexity index is 1400. The summed E-state index contributed by atoms with van der Waals surface area (Å²) in [5.74, 6) is -3.29. The second kappa shape index (κ2) is 69.6. The first-order valence-electron chi connectivity index (χ1n) is 36.0. The quantitative estimate of drug-likeness (QED) is 0.0191. The molecule has 0 aliphatic rings. The van der Waals surface area contributed by atoms with Gasteiger partial charge in [-0.3, -0.25) is 9.80 Å². The summed E-state index contributed by atoms with van der Waals surface area (Å²) in [6.07, 6.45) is 24.3. The zero-order valence-electron chi connectivity index (χ0n) is 58.6. The Hall–Kier alpha value is -2.72. The van der Waals surface area contributed by atoms with E-state index in [1.165, 1.54) is 51.4 Å². The summed E-state index contributed by atoms with van der Waals surface area (Å²) < 4.78 is 66.1. The van der Waals surface area contributed by atoms with Crippen LogP contribution in [0.25, 0.3) is 0 Å². The molecule has 0 aromatic heterocycles. The number of carbonyl (C=O) groups is 4. The van der Waals surface area contributed by atoms with Crippen molar-refractivity contribution in [3.63, 3.8) is 0 Å². The van der Waals surface area contributed by atoms with Gasteiger partial charge in [-0.15, -0.1) is 0 Å². The Morgan fingerprint density at radius 2 is 0.435 bits per heavy atom. The van der Waals surface area contributed by atoms with Crippen molar-refractivity contribution in [2.24, 2.45) is 0 Å². The van der Waals surface area contributed by atoms with Gasteiger partial charge in [-0.05, 0) is 110 Å². The van der Waals surface area contributed by atoms with E-state index in [4.69, 9.17) is 56.8 Å². The highest BCUT2D eigenvalue weighted by atomic mass is 16.7. The molecule has 4 unspecified atom stereocenters. The minimum atomic E-state index is -1.58. The van der Waals surface area contributed by atoms with Crippen LogP contribution < -0.4 is 0 Å². The van der Waals surface area contributed by atoms with Crippen molar-refractivity contribution >= 4 is 23.9 Å². The molecule has 0 rings (SSSR count). The number of hydrogen-bond donors (Lipinski definition) is 4. The summed E-state index contributed by atoms with van der Waals surface area (Å²) in [6, 6.07) is 0. The van der Waals surface area contributed by atoms with Gasteiger partial charge >= 0.3 is 23.9 Å². The zero-order chi connectivity index (χ0) is 67.4. The maximum absolute atomic E-state index is 13.1. The second-order valence-electron chi connectivity index (χ2n) is 24.2. The van der Waals surface area contributed by atoms with Crippen LogP contribution in [0.15, 0.2) is 0 Å². The summed E-state index contributed by atoms with van der Waals surface area (Å²) >= 11 is 0. The number of rotatable bonds is 74. The van der Waals surface area contributed by atoms with Crippen molar-refractivity contribution in [3.05, 3.63) is 0 Å². The molecule has 0 fully saturated rings. The van der Waals surface area contributed by atoms with E-state index >= 15 is 0 Å². The first kappa shape index (κ1) is 89.3. The van der Waals surface area contributed by atoms with E-state index in [0.717, 1.165) is 128 Å². The predicted octanol–water partition coefficient (Wildman–Crippen LogP) is 9.66. The van der Waals surface area contributed by atoms with E-state index in [1.54, 1.807) is 16.8 Å². The van der Waals surface area contributed by atoms with Crippen molar-refractivity contribution in [3.8, 4) is 0 Å². The van der Waals surface area contributed by atoms with Crippen LogP contribution in [-0.4, -0.2) is 249 Å². The van der Waals surface area contributed by atoms with Gasteiger partial charge < -0.3 is 82.2 Å². The van der Waals surface area contributed by atoms with E-state index in [9.17, 15) is 39.6 Å². The van der Waals surface area contributed by atoms with Crippen molar-refractivity contribution in [1.29, 1.82) is 0 Å². The Morgan fingerprint density at radius 3 is 0.620 bits per heavy atom. The molecule has 0 aromatic rings. The van der Waals surface area contributed by atoms with E-state index in [1.807, 2.05) is 4.90 Å². The first-order chi connectivity index (χ1) is 44.9. The fourth-order valence-corrected chi connectivity index (χ4v) is 9.47. The molecule has 23 nitrogen and oxygen atoms in total. The monoisotopic (exact) mass is 1330 g/mol. The lowest BCUT2D eigenvalue weighted by Crippen LogP contribution is -2.48. The molecule has 4 N–H and O–H groups in total. The molecular formula is C69H135N3O20. The van der Waals surface area contributed by atoms with Crippen molar-refractivity contribution in [1.82, 2.24) is 14.7 Å². The second-order valence-corrected chi connectivity index (χ2v) is 24.2. The standard InChI is InChI=1S/C69H135N3O20/c1-6-10-14-26-42-81-58-85-46-30-18-22-34-50-89-66(77)62(73)54-71(55-63(74)67(78)90-51-35-23-19-31-47-86-59-82-43-27-15-11-7-2)40-38-70(5)39-41-72(56-64(75)68(79)91-52-36-24-20-32-48-87-60-83-44-28-16-12-8-3)57-65(76)69(80)92-53-37-25-21-33-49-88-61-84-45-29-17-13-9-4/h62-65,73-76H,6-61H2,1-5H3. The highest BCUT2D eigenvalue weighted by molar-refractivity contribution is 5.76. The summed E-state index contributed by atoms with van der Waals surface area (Å²) in [4.78, 5) is 57.4. The minimum Gasteiger partial charge on any atom is -0.464 e. The lowest BCUT2D eigenvalue weighted by atomic mass is 10.2. The molecule has 0 aromatic carbocycles. The number of unbranched alkanes of at least 4 members (excludes halogenated alkanes) is 24. The molecule has 4 atom stereocenters. The van der Waals surface area contributed by atoms with Gasteiger partial charge in [0.15, 0.2) is 24.4 Å². The van der Waals surface area contributed by atoms with Crippen molar-refractivity contribution < 1.29 is 96.4 Å². The number of likely N-dealkylation sites (N-methyl/N-ethyl adjacent to an activating group) is 1. The normalized spacial score (nSPS) is 13.1. The molecule has 92 heavy (non-hydrogen) atoms. The molecule has 0 amide bonds. The van der Waals surface area contributed by atoms with Crippen molar-refractivity contribution in [2.45, 2.75) is 258 Å². The number of aliphatic hydroxyl groups is 4. The fraction of sp³-hybridized carbons (Fsp3) is 0.942. The average Bonchev–Trinajstić information content (AvgIpc) is 1.71. The summed E-state index contributed by atoms with van der Waals surface area (Å²) in [6.45, 7) is 15.3. The van der Waals surface area contributed by atoms with Crippen LogP contribution in [0.3, 0.4) is 0 Å². The third-order valence-corrected chi connectivity index (χ3v) is 15.4. The molecular weight excluding hydrogens is 1190 g/mol. The van der Waals surface area contributed by atoms with Crippen LogP contribution in [0.2, 0.25) is 0 Å². The molecule has 0 radical (unpaired) electrons. The molecule has 23 heteroatoms. The fourth-order valence-electron chi connectivity index (χ4n) is 9.47. The SMILES string of the molecule is CCCCCCOCOCCCCCCOC(=O)C(O)CN(CCN(C)CCN(CC(O)C(=O)OCCCCCCOCOCCCCCC)CC(O)C(=O)OCCCCCCOCOCCCCCC)CC(O)C(=O)OCCCCCCOCOCCCCCC. The summed E-state index contributed by atoms with van der Waals surface area (Å²) in [7, 11) is 1.80. The summed E-state index contributed by atoms with van der Waals surface area (Å²) in [5.41, 5.74) is 0.